The first-order chi connectivity index (χ1) is 8.31. The van der Waals surface area contributed by atoms with Gasteiger partial charge in [0.25, 0.3) is 0 Å². The molecule has 1 N–H and O–H groups in total. The van der Waals surface area contributed by atoms with Gasteiger partial charge in [-0.1, -0.05) is 0 Å². The molecule has 0 saturated heterocycles. The molecule has 17 heavy (non-hydrogen) atoms. The molecule has 0 fully saturated rings. The smallest absolute Gasteiger partial charge is 0.110 e. The van der Waals surface area contributed by atoms with Crippen molar-refractivity contribution in [2.45, 2.75) is 11.4 Å². The first-order valence-electron chi connectivity index (χ1n) is 5.18. The fourth-order valence-corrected chi connectivity index (χ4v) is 2.58. The van der Waals surface area contributed by atoms with E-state index in [9.17, 15) is 0 Å². The van der Waals surface area contributed by atoms with Crippen LogP contribution < -0.4 is 5.32 Å². The van der Waals surface area contributed by atoms with Crippen molar-refractivity contribution >= 4 is 28.8 Å². The molecule has 2 aromatic rings. The van der Waals surface area contributed by atoms with Crippen LogP contribution in [0.15, 0.2) is 41.3 Å². The molecule has 0 radical (unpaired) electrons. The van der Waals surface area contributed by atoms with Gasteiger partial charge in [0, 0.05) is 22.0 Å². The molecule has 0 bridgehead atoms. The minimum Gasteiger partial charge on any atom is -0.380 e. The molecule has 0 amide bonds. The van der Waals surface area contributed by atoms with Gasteiger partial charge in [0.1, 0.15) is 10.9 Å². The molecular weight excluding hydrogens is 248 g/mol. The molecule has 0 saturated carbocycles. The second-order valence-corrected chi connectivity index (χ2v) is 5.51. The van der Waals surface area contributed by atoms with Crippen LogP contribution in [-0.4, -0.2) is 6.26 Å². The number of anilines is 1. The van der Waals surface area contributed by atoms with Crippen LogP contribution in [0.3, 0.4) is 0 Å². The average Bonchev–Trinajstić information content (AvgIpc) is 2.85. The molecular formula is C13H12N2S2. The first-order valence-corrected chi connectivity index (χ1v) is 7.22. The highest BCUT2D eigenvalue weighted by Gasteiger charge is 1.99. The van der Waals surface area contributed by atoms with Crippen molar-refractivity contribution in [1.82, 2.24) is 0 Å². The molecule has 4 heteroatoms. The van der Waals surface area contributed by atoms with Crippen LogP contribution in [0.4, 0.5) is 5.69 Å². The molecule has 1 aromatic carbocycles. The predicted octanol–water partition coefficient (Wildman–Crippen LogP) is 3.95. The van der Waals surface area contributed by atoms with Gasteiger partial charge in [-0.3, -0.25) is 0 Å². The van der Waals surface area contributed by atoms with E-state index in [4.69, 9.17) is 5.26 Å². The molecule has 0 aliphatic heterocycles. The summed E-state index contributed by atoms with van der Waals surface area (Å²) in [5, 5.41) is 12.1. The highest BCUT2D eigenvalue weighted by molar-refractivity contribution is 7.98. The van der Waals surface area contributed by atoms with Gasteiger partial charge in [-0.25, -0.2) is 0 Å². The van der Waals surface area contributed by atoms with E-state index in [1.807, 2.05) is 12.1 Å². The van der Waals surface area contributed by atoms with E-state index in [1.165, 1.54) is 21.1 Å². The Kier molecular flexibility index (Phi) is 4.08. The lowest BCUT2D eigenvalue weighted by Gasteiger charge is -2.05. The van der Waals surface area contributed by atoms with Crippen LogP contribution in [0.25, 0.3) is 0 Å². The molecule has 0 spiro atoms. The number of nitriles is 1. The topological polar surface area (TPSA) is 35.8 Å². The number of nitrogens with zero attached hydrogens (tertiary/aromatic N) is 1. The van der Waals surface area contributed by atoms with Gasteiger partial charge in [0.05, 0.1) is 0 Å². The minimum absolute atomic E-state index is 0.763. The summed E-state index contributed by atoms with van der Waals surface area (Å²) in [6, 6.07) is 14.3. The summed E-state index contributed by atoms with van der Waals surface area (Å²) in [5.41, 5.74) is 1.11. The molecule has 2 nitrogen and oxygen atoms in total. The Morgan fingerprint density at radius 3 is 2.59 bits per heavy atom. The zero-order valence-corrected chi connectivity index (χ0v) is 11.1. The van der Waals surface area contributed by atoms with Gasteiger partial charge in [-0.15, -0.1) is 23.1 Å². The van der Waals surface area contributed by atoms with E-state index in [2.05, 4.69) is 41.9 Å². The minimum atomic E-state index is 0.763. The van der Waals surface area contributed by atoms with E-state index in [0.29, 0.717) is 0 Å². The van der Waals surface area contributed by atoms with E-state index >= 15 is 0 Å². The van der Waals surface area contributed by atoms with Crippen LogP contribution in [0.5, 0.6) is 0 Å². The van der Waals surface area contributed by atoms with Gasteiger partial charge in [0.2, 0.25) is 0 Å². The summed E-state index contributed by atoms with van der Waals surface area (Å²) >= 11 is 3.27. The van der Waals surface area contributed by atoms with E-state index in [1.54, 1.807) is 11.8 Å². The molecule has 2 rings (SSSR count). The quantitative estimate of drug-likeness (QED) is 0.845. The third kappa shape index (κ3) is 3.26. The molecule has 0 atom stereocenters. The van der Waals surface area contributed by atoms with Gasteiger partial charge >= 0.3 is 0 Å². The van der Waals surface area contributed by atoms with Crippen molar-refractivity contribution in [2.75, 3.05) is 11.6 Å². The van der Waals surface area contributed by atoms with Crippen LogP contribution in [0.2, 0.25) is 0 Å². The molecule has 1 aromatic heterocycles. The van der Waals surface area contributed by atoms with Crippen molar-refractivity contribution in [3.05, 3.63) is 46.2 Å². The Balaban J connectivity index is 1.95. The van der Waals surface area contributed by atoms with Crippen LogP contribution in [-0.2, 0) is 6.54 Å². The fourth-order valence-electron chi connectivity index (χ4n) is 1.43. The van der Waals surface area contributed by atoms with Crippen LogP contribution in [0, 0.1) is 11.3 Å². The maximum Gasteiger partial charge on any atom is 0.110 e. The van der Waals surface area contributed by atoms with Gasteiger partial charge in [-0.2, -0.15) is 5.26 Å². The number of rotatable bonds is 4. The van der Waals surface area contributed by atoms with Crippen LogP contribution >= 0.6 is 23.1 Å². The molecule has 0 unspecified atom stereocenters. The molecule has 0 aliphatic rings. The van der Waals surface area contributed by atoms with Crippen molar-refractivity contribution in [3.63, 3.8) is 0 Å². The lowest BCUT2D eigenvalue weighted by Crippen LogP contribution is -1.96. The maximum absolute atomic E-state index is 8.73. The van der Waals surface area contributed by atoms with Crippen LogP contribution in [0.1, 0.15) is 9.75 Å². The monoisotopic (exact) mass is 260 g/mol. The number of hydrogen-bond donors (Lipinski definition) is 1. The van der Waals surface area contributed by atoms with Gasteiger partial charge in [-0.05, 0) is 42.7 Å². The highest BCUT2D eigenvalue weighted by atomic mass is 32.2. The summed E-state index contributed by atoms with van der Waals surface area (Å²) in [6.45, 7) is 0.769. The predicted molar refractivity (Wildman–Crippen MR) is 74.6 cm³/mol. The average molecular weight is 260 g/mol. The van der Waals surface area contributed by atoms with E-state index in [-0.39, 0.29) is 0 Å². The molecule has 1 heterocycles. The number of nitrogens with one attached hydrogen (secondary N) is 1. The Morgan fingerprint density at radius 2 is 2.00 bits per heavy atom. The lowest BCUT2D eigenvalue weighted by atomic mass is 10.3. The Bertz CT molecular complexity index is 523. The van der Waals surface area contributed by atoms with Crippen molar-refractivity contribution < 1.29 is 0 Å². The largest absolute Gasteiger partial charge is 0.380 e. The normalized spacial score (nSPS) is 9.88. The maximum atomic E-state index is 8.73. The SMILES string of the molecule is CSc1ccc(NCc2ccc(C#N)s2)cc1. The van der Waals surface area contributed by atoms with E-state index < -0.39 is 0 Å². The second kappa shape index (κ2) is 5.76. The summed E-state index contributed by atoms with van der Waals surface area (Å²) in [5.74, 6) is 0. The Labute approximate surface area is 109 Å². The standard InChI is InChI=1S/C13H12N2S2/c1-16-11-4-2-10(3-5-11)15-9-13-7-6-12(8-14)17-13/h2-7,15H,9H2,1H3. The number of thiophene rings is 1. The lowest BCUT2D eigenvalue weighted by molar-refractivity contribution is 1.19. The second-order valence-electron chi connectivity index (χ2n) is 3.46. The van der Waals surface area contributed by atoms with Crippen molar-refractivity contribution in [2.24, 2.45) is 0 Å². The number of thioether (sulfide) groups is 1. The van der Waals surface area contributed by atoms with Crippen molar-refractivity contribution in [3.8, 4) is 6.07 Å². The van der Waals surface area contributed by atoms with Crippen molar-refractivity contribution in [1.29, 1.82) is 5.26 Å². The summed E-state index contributed by atoms with van der Waals surface area (Å²) in [6.07, 6.45) is 2.07. The molecule has 86 valence electrons. The summed E-state index contributed by atoms with van der Waals surface area (Å²) in [4.78, 5) is 3.20. The molecule has 0 aliphatic carbocycles. The van der Waals surface area contributed by atoms with Gasteiger partial charge < -0.3 is 5.32 Å². The third-order valence-electron chi connectivity index (χ3n) is 2.33. The van der Waals surface area contributed by atoms with Gasteiger partial charge in [0.15, 0.2) is 0 Å². The fraction of sp³-hybridized carbons (Fsp3) is 0.154. The van der Waals surface area contributed by atoms with E-state index in [0.717, 1.165) is 17.1 Å². The number of benzene rings is 1. The first kappa shape index (κ1) is 12.0. The zero-order chi connectivity index (χ0) is 12.1. The summed E-state index contributed by atoms with van der Waals surface area (Å²) in [7, 11) is 0. The Morgan fingerprint density at radius 1 is 1.24 bits per heavy atom. The third-order valence-corrected chi connectivity index (χ3v) is 4.06. The Hall–Kier alpha value is -1.44. The number of hydrogen-bond acceptors (Lipinski definition) is 4. The summed E-state index contributed by atoms with van der Waals surface area (Å²) < 4.78 is 0. The highest BCUT2D eigenvalue weighted by Crippen LogP contribution is 2.20. The zero-order valence-electron chi connectivity index (χ0n) is 9.43.